The van der Waals surface area contributed by atoms with E-state index in [1.807, 2.05) is 55.1 Å². The average Bonchev–Trinajstić information content (AvgIpc) is 2.73. The van der Waals surface area contributed by atoms with Gasteiger partial charge in [-0.05, 0) is 23.6 Å². The number of amides is 3. The highest BCUT2D eigenvalue weighted by Gasteiger charge is 2.30. The molecule has 0 unspecified atom stereocenters. The van der Waals surface area contributed by atoms with Gasteiger partial charge >= 0.3 is 6.03 Å². The molecule has 1 fully saturated rings. The molecular formula is C23H30N4O2. The molecule has 1 saturated heterocycles. The minimum Gasteiger partial charge on any atom is -0.338 e. The Bertz CT molecular complexity index is 787. The summed E-state index contributed by atoms with van der Waals surface area (Å²) in [6.45, 7) is 7.83. The first kappa shape index (κ1) is 20.9. The van der Waals surface area contributed by atoms with E-state index in [0.717, 1.165) is 19.6 Å². The zero-order valence-corrected chi connectivity index (χ0v) is 17.2. The fraction of sp³-hybridized carbons (Fsp3) is 0.391. The van der Waals surface area contributed by atoms with Crippen LogP contribution in [0.5, 0.6) is 0 Å². The standard InChI is InChI=1S/C23H30N4O2/c1-18(2)21(25-23(29)24-20-11-7-4-8-12-20)22(28)27-15-13-26(14-16-27)17-19-9-5-3-6-10-19/h3-12,18,21H,13-17H2,1-2H3,(H2,24,25,29)/t21-/m0/s1. The van der Waals surface area contributed by atoms with Crippen LogP contribution in [0, 0.1) is 5.92 Å². The molecule has 0 bridgehead atoms. The molecule has 29 heavy (non-hydrogen) atoms. The van der Waals surface area contributed by atoms with Gasteiger partial charge in [-0.3, -0.25) is 9.69 Å². The van der Waals surface area contributed by atoms with E-state index in [9.17, 15) is 9.59 Å². The first-order valence-corrected chi connectivity index (χ1v) is 10.2. The van der Waals surface area contributed by atoms with E-state index in [-0.39, 0.29) is 17.9 Å². The number of carbonyl (C=O) groups is 2. The Morgan fingerprint density at radius 3 is 2.07 bits per heavy atom. The normalized spacial score (nSPS) is 15.8. The van der Waals surface area contributed by atoms with Gasteiger partial charge in [0.25, 0.3) is 0 Å². The van der Waals surface area contributed by atoms with Gasteiger partial charge in [-0.1, -0.05) is 62.4 Å². The lowest BCUT2D eigenvalue weighted by atomic mass is 10.0. The topological polar surface area (TPSA) is 64.7 Å². The van der Waals surface area contributed by atoms with Crippen molar-refractivity contribution < 1.29 is 9.59 Å². The summed E-state index contributed by atoms with van der Waals surface area (Å²) in [5.41, 5.74) is 1.99. The monoisotopic (exact) mass is 394 g/mol. The van der Waals surface area contributed by atoms with Gasteiger partial charge in [0.05, 0.1) is 0 Å². The number of para-hydroxylation sites is 1. The highest BCUT2D eigenvalue weighted by Crippen LogP contribution is 2.13. The van der Waals surface area contributed by atoms with Gasteiger partial charge < -0.3 is 15.5 Å². The molecule has 0 radical (unpaired) electrons. The second-order valence-electron chi connectivity index (χ2n) is 7.77. The molecule has 0 saturated carbocycles. The van der Waals surface area contributed by atoms with Gasteiger partial charge in [0.1, 0.15) is 6.04 Å². The summed E-state index contributed by atoms with van der Waals surface area (Å²) in [7, 11) is 0. The third-order valence-electron chi connectivity index (χ3n) is 5.18. The zero-order chi connectivity index (χ0) is 20.6. The third kappa shape index (κ3) is 6.06. The predicted molar refractivity (Wildman–Crippen MR) is 116 cm³/mol. The van der Waals surface area contributed by atoms with Crippen molar-refractivity contribution in [2.24, 2.45) is 5.92 Å². The quantitative estimate of drug-likeness (QED) is 0.791. The average molecular weight is 395 g/mol. The van der Waals surface area contributed by atoms with Crippen LogP contribution in [-0.4, -0.2) is 54.0 Å². The molecule has 1 aliphatic heterocycles. The molecule has 2 N–H and O–H groups in total. The Morgan fingerprint density at radius 1 is 0.897 bits per heavy atom. The summed E-state index contributed by atoms with van der Waals surface area (Å²) in [6.07, 6.45) is 0. The van der Waals surface area contributed by atoms with Gasteiger partial charge in [-0.25, -0.2) is 4.79 Å². The van der Waals surface area contributed by atoms with Gasteiger partial charge in [0.15, 0.2) is 0 Å². The van der Waals surface area contributed by atoms with Crippen molar-refractivity contribution >= 4 is 17.6 Å². The van der Waals surface area contributed by atoms with Crippen LogP contribution in [0.1, 0.15) is 19.4 Å². The van der Waals surface area contributed by atoms with Crippen molar-refractivity contribution in [3.63, 3.8) is 0 Å². The molecule has 2 aromatic carbocycles. The van der Waals surface area contributed by atoms with Gasteiger partial charge in [0.2, 0.25) is 5.91 Å². The lowest BCUT2D eigenvalue weighted by molar-refractivity contribution is -0.136. The zero-order valence-electron chi connectivity index (χ0n) is 17.2. The molecule has 1 atom stereocenters. The smallest absolute Gasteiger partial charge is 0.319 e. The van der Waals surface area contributed by atoms with Crippen LogP contribution in [0.15, 0.2) is 60.7 Å². The molecule has 154 valence electrons. The van der Waals surface area contributed by atoms with E-state index in [0.29, 0.717) is 18.8 Å². The van der Waals surface area contributed by atoms with E-state index in [1.54, 1.807) is 0 Å². The maximum absolute atomic E-state index is 13.1. The van der Waals surface area contributed by atoms with Crippen LogP contribution in [0.2, 0.25) is 0 Å². The van der Waals surface area contributed by atoms with Gasteiger partial charge in [-0.2, -0.15) is 0 Å². The van der Waals surface area contributed by atoms with Crippen molar-refractivity contribution in [3.05, 3.63) is 66.2 Å². The maximum atomic E-state index is 13.1. The van der Waals surface area contributed by atoms with E-state index < -0.39 is 6.04 Å². The molecule has 1 heterocycles. The van der Waals surface area contributed by atoms with E-state index in [1.165, 1.54) is 5.56 Å². The van der Waals surface area contributed by atoms with E-state index in [4.69, 9.17) is 0 Å². The fourth-order valence-corrected chi connectivity index (χ4v) is 3.51. The maximum Gasteiger partial charge on any atom is 0.319 e. The van der Waals surface area contributed by atoms with Crippen LogP contribution < -0.4 is 10.6 Å². The third-order valence-corrected chi connectivity index (χ3v) is 5.18. The first-order valence-electron chi connectivity index (χ1n) is 10.2. The molecule has 0 aliphatic carbocycles. The number of piperazine rings is 1. The lowest BCUT2D eigenvalue weighted by Crippen LogP contribution is -2.56. The van der Waals surface area contributed by atoms with Crippen molar-refractivity contribution in [1.29, 1.82) is 0 Å². The van der Waals surface area contributed by atoms with Crippen LogP contribution in [0.4, 0.5) is 10.5 Å². The Labute approximate surface area is 172 Å². The molecule has 3 amide bonds. The van der Waals surface area contributed by atoms with Crippen molar-refractivity contribution in [1.82, 2.24) is 15.1 Å². The van der Waals surface area contributed by atoms with E-state index >= 15 is 0 Å². The highest BCUT2D eigenvalue weighted by molar-refractivity contribution is 5.93. The molecule has 6 nitrogen and oxygen atoms in total. The summed E-state index contributed by atoms with van der Waals surface area (Å²) in [5, 5.41) is 5.65. The minimum atomic E-state index is -0.542. The van der Waals surface area contributed by atoms with Crippen LogP contribution in [0.25, 0.3) is 0 Å². The Morgan fingerprint density at radius 2 is 1.48 bits per heavy atom. The molecule has 3 rings (SSSR count). The Balaban J connectivity index is 1.52. The van der Waals surface area contributed by atoms with Gasteiger partial charge in [0, 0.05) is 38.4 Å². The number of rotatable bonds is 6. The van der Waals surface area contributed by atoms with Crippen molar-refractivity contribution in [2.45, 2.75) is 26.4 Å². The summed E-state index contributed by atoms with van der Waals surface area (Å²) in [6, 6.07) is 18.7. The number of nitrogens with one attached hydrogen (secondary N) is 2. The summed E-state index contributed by atoms with van der Waals surface area (Å²) in [5.74, 6) is -0.00561. The molecule has 0 aromatic heterocycles. The van der Waals surface area contributed by atoms with Crippen molar-refractivity contribution in [3.8, 4) is 0 Å². The number of anilines is 1. The van der Waals surface area contributed by atoms with E-state index in [2.05, 4.69) is 39.8 Å². The SMILES string of the molecule is CC(C)[C@H](NC(=O)Nc1ccccc1)C(=O)N1CCN(Cc2ccccc2)CC1. The number of urea groups is 1. The number of nitrogens with zero attached hydrogens (tertiary/aromatic N) is 2. The summed E-state index contributed by atoms with van der Waals surface area (Å²) < 4.78 is 0. The number of benzene rings is 2. The summed E-state index contributed by atoms with van der Waals surface area (Å²) in [4.78, 5) is 29.7. The second-order valence-corrected chi connectivity index (χ2v) is 7.77. The van der Waals surface area contributed by atoms with Gasteiger partial charge in [-0.15, -0.1) is 0 Å². The molecule has 6 heteroatoms. The number of hydrogen-bond donors (Lipinski definition) is 2. The fourth-order valence-electron chi connectivity index (χ4n) is 3.51. The first-order chi connectivity index (χ1) is 14.0. The Kier molecular flexibility index (Phi) is 7.25. The molecule has 2 aromatic rings. The van der Waals surface area contributed by atoms with Crippen molar-refractivity contribution in [2.75, 3.05) is 31.5 Å². The Hall–Kier alpha value is -2.86. The van der Waals surface area contributed by atoms with Crippen LogP contribution in [-0.2, 0) is 11.3 Å². The molecular weight excluding hydrogens is 364 g/mol. The number of hydrogen-bond acceptors (Lipinski definition) is 3. The lowest BCUT2D eigenvalue weighted by Gasteiger charge is -2.37. The predicted octanol–water partition coefficient (Wildman–Crippen LogP) is 3.18. The largest absolute Gasteiger partial charge is 0.338 e. The highest BCUT2D eigenvalue weighted by atomic mass is 16.2. The van der Waals surface area contributed by atoms with Crippen LogP contribution >= 0.6 is 0 Å². The van der Waals surface area contributed by atoms with Crippen LogP contribution in [0.3, 0.4) is 0 Å². The second kappa shape index (κ2) is 10.1. The number of carbonyl (C=O) groups excluding carboxylic acids is 2. The minimum absolute atomic E-state index is 0.00590. The summed E-state index contributed by atoms with van der Waals surface area (Å²) >= 11 is 0. The molecule has 0 spiro atoms. The molecule has 1 aliphatic rings.